The quantitative estimate of drug-likeness (QED) is 0.362. The number of aliphatic hydroxyl groups excluding tert-OH is 1. The first-order chi connectivity index (χ1) is 12.9. The number of esters is 1. The largest absolute Gasteiger partial charge is 0.508 e. The Kier molecular flexibility index (Phi) is 5.28. The molecule has 138 valence electrons. The monoisotopic (exact) mass is 366 g/mol. The highest BCUT2D eigenvalue weighted by Crippen LogP contribution is 2.28. The Morgan fingerprint density at radius 2 is 1.48 bits per heavy atom. The van der Waals surface area contributed by atoms with Gasteiger partial charge in [-0.25, -0.2) is 4.79 Å². The van der Waals surface area contributed by atoms with Gasteiger partial charge < -0.3 is 24.8 Å². The molecule has 3 N–H and O–H groups in total. The lowest BCUT2D eigenvalue weighted by atomic mass is 10.2. The summed E-state index contributed by atoms with van der Waals surface area (Å²) in [6.07, 6.45) is -1.20. The SMILES string of the molecule is Cc1cc(OC(=O)c2ccc(O)cc2)ccc1OC(O)c1ccc(O)cc1. The normalized spacial score (nSPS) is 11.6. The van der Waals surface area contributed by atoms with E-state index in [-0.39, 0.29) is 11.5 Å². The third-order valence-corrected chi connectivity index (χ3v) is 3.88. The van der Waals surface area contributed by atoms with E-state index >= 15 is 0 Å². The number of carbonyl (C=O) groups excluding carboxylic acids is 1. The van der Waals surface area contributed by atoms with Crippen molar-refractivity contribution in [2.75, 3.05) is 0 Å². The van der Waals surface area contributed by atoms with Crippen molar-refractivity contribution in [1.29, 1.82) is 0 Å². The summed E-state index contributed by atoms with van der Waals surface area (Å²) in [4.78, 5) is 12.1. The number of hydrogen-bond acceptors (Lipinski definition) is 6. The van der Waals surface area contributed by atoms with Crippen LogP contribution in [-0.2, 0) is 0 Å². The average molecular weight is 366 g/mol. The van der Waals surface area contributed by atoms with Crippen LogP contribution < -0.4 is 9.47 Å². The molecule has 6 heteroatoms. The molecule has 0 saturated carbocycles. The minimum Gasteiger partial charge on any atom is -0.508 e. The minimum absolute atomic E-state index is 0.0658. The summed E-state index contributed by atoms with van der Waals surface area (Å²) in [5.74, 6) is 0.377. The predicted molar refractivity (Wildman–Crippen MR) is 97.9 cm³/mol. The zero-order valence-electron chi connectivity index (χ0n) is 14.5. The molecular formula is C21H18O6. The van der Waals surface area contributed by atoms with Gasteiger partial charge in [0.1, 0.15) is 23.0 Å². The van der Waals surface area contributed by atoms with Crippen molar-refractivity contribution in [3.8, 4) is 23.0 Å². The molecule has 0 spiro atoms. The Bertz CT molecular complexity index is 932. The standard InChI is InChI=1S/C21H18O6/c1-13-12-18(26-20(24)14-2-6-16(22)7-3-14)10-11-19(13)27-21(25)15-4-8-17(23)9-5-15/h2-12,21-23,25H,1H3. The first-order valence-corrected chi connectivity index (χ1v) is 8.18. The van der Waals surface area contributed by atoms with E-state index < -0.39 is 12.3 Å². The minimum atomic E-state index is -1.20. The maximum absolute atomic E-state index is 12.1. The van der Waals surface area contributed by atoms with E-state index in [1.165, 1.54) is 36.4 Å². The van der Waals surface area contributed by atoms with Crippen LogP contribution >= 0.6 is 0 Å². The summed E-state index contributed by atoms with van der Waals surface area (Å²) < 4.78 is 10.8. The molecule has 27 heavy (non-hydrogen) atoms. The molecule has 3 aromatic rings. The fraction of sp³-hybridized carbons (Fsp3) is 0.0952. The van der Waals surface area contributed by atoms with Gasteiger partial charge in [0.2, 0.25) is 6.29 Å². The number of phenols is 2. The third-order valence-electron chi connectivity index (χ3n) is 3.88. The molecule has 3 rings (SSSR count). The summed E-state index contributed by atoms with van der Waals surface area (Å²) in [5, 5.41) is 28.7. The lowest BCUT2D eigenvalue weighted by Gasteiger charge is -2.16. The second-order valence-electron chi connectivity index (χ2n) is 5.93. The van der Waals surface area contributed by atoms with Gasteiger partial charge in [-0.05, 0) is 79.2 Å². The van der Waals surface area contributed by atoms with Gasteiger partial charge in [0.05, 0.1) is 5.56 Å². The van der Waals surface area contributed by atoms with E-state index in [0.717, 1.165) is 0 Å². The molecule has 3 aromatic carbocycles. The number of benzene rings is 3. The van der Waals surface area contributed by atoms with Gasteiger partial charge in [0.15, 0.2) is 0 Å². The highest BCUT2D eigenvalue weighted by Gasteiger charge is 2.13. The lowest BCUT2D eigenvalue weighted by molar-refractivity contribution is -0.0199. The van der Waals surface area contributed by atoms with E-state index in [1.54, 1.807) is 37.3 Å². The number of rotatable bonds is 5. The van der Waals surface area contributed by atoms with Crippen LogP contribution in [0.5, 0.6) is 23.0 Å². The molecule has 0 heterocycles. The Morgan fingerprint density at radius 1 is 0.889 bits per heavy atom. The van der Waals surface area contributed by atoms with Crippen molar-refractivity contribution in [3.63, 3.8) is 0 Å². The molecule has 0 bridgehead atoms. The topological polar surface area (TPSA) is 96.2 Å². The van der Waals surface area contributed by atoms with Crippen LogP contribution in [0.2, 0.25) is 0 Å². The summed E-state index contributed by atoms with van der Waals surface area (Å²) >= 11 is 0. The van der Waals surface area contributed by atoms with Crippen LogP contribution in [0.15, 0.2) is 66.7 Å². The van der Waals surface area contributed by atoms with E-state index in [4.69, 9.17) is 9.47 Å². The Morgan fingerprint density at radius 3 is 2.07 bits per heavy atom. The zero-order valence-corrected chi connectivity index (χ0v) is 14.5. The van der Waals surface area contributed by atoms with Crippen LogP contribution in [0.25, 0.3) is 0 Å². The highest BCUT2D eigenvalue weighted by atomic mass is 16.6. The van der Waals surface area contributed by atoms with Gasteiger partial charge >= 0.3 is 5.97 Å². The molecule has 0 aliphatic carbocycles. The van der Waals surface area contributed by atoms with E-state index in [0.29, 0.717) is 28.2 Å². The smallest absolute Gasteiger partial charge is 0.343 e. The molecule has 0 fully saturated rings. The van der Waals surface area contributed by atoms with Crippen LogP contribution in [0, 0.1) is 6.92 Å². The van der Waals surface area contributed by atoms with Crippen molar-refractivity contribution >= 4 is 5.97 Å². The molecule has 0 radical (unpaired) electrons. The van der Waals surface area contributed by atoms with E-state index in [9.17, 15) is 20.1 Å². The molecule has 0 amide bonds. The summed E-state index contributed by atoms with van der Waals surface area (Å²) in [5.41, 5.74) is 1.48. The number of aliphatic hydroxyl groups is 1. The number of ether oxygens (including phenoxy) is 2. The fourth-order valence-corrected chi connectivity index (χ4v) is 2.41. The van der Waals surface area contributed by atoms with Crippen molar-refractivity contribution in [2.24, 2.45) is 0 Å². The van der Waals surface area contributed by atoms with Gasteiger partial charge in [-0.1, -0.05) is 0 Å². The first-order valence-electron chi connectivity index (χ1n) is 8.18. The molecule has 0 aromatic heterocycles. The number of carbonyl (C=O) groups is 1. The fourth-order valence-electron chi connectivity index (χ4n) is 2.41. The molecule has 6 nitrogen and oxygen atoms in total. The van der Waals surface area contributed by atoms with Crippen molar-refractivity contribution < 1.29 is 29.6 Å². The van der Waals surface area contributed by atoms with Crippen molar-refractivity contribution in [3.05, 3.63) is 83.4 Å². The maximum Gasteiger partial charge on any atom is 0.343 e. The molecule has 0 aliphatic rings. The first kappa shape index (κ1) is 18.3. The predicted octanol–water partition coefficient (Wildman–Crippen LogP) is 3.70. The van der Waals surface area contributed by atoms with Crippen molar-refractivity contribution in [2.45, 2.75) is 13.2 Å². The van der Waals surface area contributed by atoms with Crippen LogP contribution in [0.4, 0.5) is 0 Å². The Balaban J connectivity index is 1.68. The average Bonchev–Trinajstić information content (AvgIpc) is 2.65. The highest BCUT2D eigenvalue weighted by molar-refractivity contribution is 5.91. The second kappa shape index (κ2) is 7.80. The number of aromatic hydroxyl groups is 2. The van der Waals surface area contributed by atoms with Gasteiger partial charge in [-0.2, -0.15) is 0 Å². The zero-order chi connectivity index (χ0) is 19.4. The Labute approximate surface area is 155 Å². The number of phenolic OH excluding ortho intramolecular Hbond substituents is 2. The third kappa shape index (κ3) is 4.56. The van der Waals surface area contributed by atoms with E-state index in [2.05, 4.69) is 0 Å². The van der Waals surface area contributed by atoms with Gasteiger partial charge in [-0.3, -0.25) is 0 Å². The number of hydrogen-bond donors (Lipinski definition) is 3. The van der Waals surface area contributed by atoms with Gasteiger partial charge in [-0.15, -0.1) is 0 Å². The molecule has 1 unspecified atom stereocenters. The van der Waals surface area contributed by atoms with Crippen LogP contribution in [0.1, 0.15) is 27.8 Å². The Hall–Kier alpha value is -3.51. The van der Waals surface area contributed by atoms with Crippen LogP contribution in [0.3, 0.4) is 0 Å². The summed E-state index contributed by atoms with van der Waals surface area (Å²) in [7, 11) is 0. The van der Waals surface area contributed by atoms with Gasteiger partial charge in [0, 0.05) is 5.56 Å². The molecule has 1 atom stereocenters. The van der Waals surface area contributed by atoms with E-state index in [1.807, 2.05) is 0 Å². The maximum atomic E-state index is 12.1. The number of aryl methyl sites for hydroxylation is 1. The second-order valence-corrected chi connectivity index (χ2v) is 5.93. The summed E-state index contributed by atoms with van der Waals surface area (Å²) in [6, 6.07) is 16.6. The van der Waals surface area contributed by atoms with Crippen LogP contribution in [-0.4, -0.2) is 21.3 Å². The molecular weight excluding hydrogens is 348 g/mol. The van der Waals surface area contributed by atoms with Gasteiger partial charge in [0.25, 0.3) is 0 Å². The molecule has 0 saturated heterocycles. The summed E-state index contributed by atoms with van der Waals surface area (Å²) in [6.45, 7) is 1.76. The molecule has 0 aliphatic heterocycles. The lowest BCUT2D eigenvalue weighted by Crippen LogP contribution is -2.09. The van der Waals surface area contributed by atoms with Crippen molar-refractivity contribution in [1.82, 2.24) is 0 Å².